The van der Waals surface area contributed by atoms with Gasteiger partial charge in [0, 0.05) is 12.3 Å². The zero-order valence-corrected chi connectivity index (χ0v) is 17.6. The largest absolute Gasteiger partial charge is 0.286 e. The Morgan fingerprint density at radius 1 is 1.00 bits per heavy atom. The fourth-order valence-corrected chi connectivity index (χ4v) is 4.90. The van der Waals surface area contributed by atoms with E-state index in [1.54, 1.807) is 11.8 Å². The van der Waals surface area contributed by atoms with Crippen molar-refractivity contribution in [1.82, 2.24) is 9.55 Å². The van der Waals surface area contributed by atoms with Gasteiger partial charge in [-0.1, -0.05) is 60.3 Å². The van der Waals surface area contributed by atoms with Gasteiger partial charge in [-0.05, 0) is 54.0 Å². The second-order valence-corrected chi connectivity index (χ2v) is 8.79. The Kier molecular flexibility index (Phi) is 5.64. The van der Waals surface area contributed by atoms with Crippen LogP contribution in [-0.2, 0) is 18.7 Å². The highest BCUT2D eigenvalue weighted by atomic mass is 32.2. The standard InChI is InChI=1S/C23H22N2OS2/c1-16-8-9-19(14-17(16)2)15-28-23-24-20-11-13-27-21(20)22(26)25(23)12-10-18-6-4-3-5-7-18/h3-9,11,13-14H,10,12,15H2,1-2H3. The number of thiophene rings is 1. The first-order valence-electron chi connectivity index (χ1n) is 9.33. The quantitative estimate of drug-likeness (QED) is 0.308. The van der Waals surface area contributed by atoms with Crippen LogP contribution in [0.2, 0.25) is 0 Å². The van der Waals surface area contributed by atoms with Crippen molar-refractivity contribution in [3.63, 3.8) is 0 Å². The molecule has 0 N–H and O–H groups in total. The molecule has 142 valence electrons. The molecule has 0 aliphatic rings. The van der Waals surface area contributed by atoms with Gasteiger partial charge in [0.05, 0.1) is 5.52 Å². The molecule has 2 aromatic heterocycles. The van der Waals surface area contributed by atoms with E-state index >= 15 is 0 Å². The molecule has 0 aliphatic heterocycles. The summed E-state index contributed by atoms with van der Waals surface area (Å²) in [5, 5.41) is 2.74. The summed E-state index contributed by atoms with van der Waals surface area (Å²) in [4.78, 5) is 17.9. The fraction of sp³-hybridized carbons (Fsp3) is 0.217. The highest BCUT2D eigenvalue weighted by Gasteiger charge is 2.13. The molecule has 0 fully saturated rings. The van der Waals surface area contributed by atoms with Crippen molar-refractivity contribution in [1.29, 1.82) is 0 Å². The van der Waals surface area contributed by atoms with Crippen LogP contribution in [0.3, 0.4) is 0 Å². The first-order chi connectivity index (χ1) is 13.6. The number of aryl methyl sites for hydroxylation is 3. The lowest BCUT2D eigenvalue weighted by molar-refractivity contribution is 0.596. The minimum absolute atomic E-state index is 0.0681. The molecule has 0 radical (unpaired) electrons. The number of rotatable bonds is 6. The Morgan fingerprint density at radius 3 is 2.61 bits per heavy atom. The van der Waals surface area contributed by atoms with E-state index in [0.717, 1.165) is 27.5 Å². The molecule has 0 unspecified atom stereocenters. The smallest absolute Gasteiger partial charge is 0.272 e. The van der Waals surface area contributed by atoms with Crippen LogP contribution in [0.15, 0.2) is 69.9 Å². The summed E-state index contributed by atoms with van der Waals surface area (Å²) in [6, 6.07) is 18.8. The molecule has 2 heterocycles. The summed E-state index contributed by atoms with van der Waals surface area (Å²) >= 11 is 3.11. The van der Waals surface area contributed by atoms with Crippen LogP contribution in [-0.4, -0.2) is 9.55 Å². The topological polar surface area (TPSA) is 34.9 Å². The second-order valence-electron chi connectivity index (χ2n) is 6.93. The van der Waals surface area contributed by atoms with Crippen molar-refractivity contribution in [2.75, 3.05) is 0 Å². The van der Waals surface area contributed by atoms with Crippen molar-refractivity contribution in [3.05, 3.63) is 92.6 Å². The molecule has 0 saturated heterocycles. The molecule has 0 saturated carbocycles. The summed E-state index contributed by atoms with van der Waals surface area (Å²) < 4.78 is 2.58. The van der Waals surface area contributed by atoms with E-state index < -0.39 is 0 Å². The number of fused-ring (bicyclic) bond motifs is 1. The number of hydrogen-bond acceptors (Lipinski definition) is 4. The molecule has 28 heavy (non-hydrogen) atoms. The predicted molar refractivity (Wildman–Crippen MR) is 120 cm³/mol. The summed E-state index contributed by atoms with van der Waals surface area (Å²) in [5.74, 6) is 0.800. The van der Waals surface area contributed by atoms with E-state index in [2.05, 4.69) is 44.2 Å². The van der Waals surface area contributed by atoms with Crippen molar-refractivity contribution in [2.24, 2.45) is 0 Å². The van der Waals surface area contributed by atoms with Gasteiger partial charge in [0.25, 0.3) is 5.56 Å². The summed E-state index contributed by atoms with van der Waals surface area (Å²) in [5.41, 5.74) is 5.94. The molecule has 4 rings (SSSR count). The molecule has 0 amide bonds. The van der Waals surface area contributed by atoms with Gasteiger partial charge in [-0.15, -0.1) is 11.3 Å². The first-order valence-corrected chi connectivity index (χ1v) is 11.2. The summed E-state index contributed by atoms with van der Waals surface area (Å²) in [7, 11) is 0. The van der Waals surface area contributed by atoms with Gasteiger partial charge in [0.1, 0.15) is 4.70 Å². The second kappa shape index (κ2) is 8.33. The van der Waals surface area contributed by atoms with E-state index in [1.807, 2.05) is 34.2 Å². The van der Waals surface area contributed by atoms with Gasteiger partial charge in [-0.3, -0.25) is 9.36 Å². The maximum absolute atomic E-state index is 13.1. The highest BCUT2D eigenvalue weighted by Crippen LogP contribution is 2.25. The third-order valence-corrected chi connectivity index (χ3v) is 6.88. The Morgan fingerprint density at radius 2 is 1.82 bits per heavy atom. The third kappa shape index (κ3) is 4.05. The van der Waals surface area contributed by atoms with Crippen molar-refractivity contribution in [2.45, 2.75) is 37.7 Å². The lowest BCUT2D eigenvalue weighted by Gasteiger charge is -2.12. The zero-order chi connectivity index (χ0) is 19.5. The predicted octanol–water partition coefficient (Wildman–Crippen LogP) is 5.61. The Bertz CT molecular complexity index is 1160. The van der Waals surface area contributed by atoms with Crippen LogP contribution in [0.4, 0.5) is 0 Å². The molecular weight excluding hydrogens is 384 g/mol. The third-order valence-electron chi connectivity index (χ3n) is 4.94. The van der Waals surface area contributed by atoms with E-state index in [4.69, 9.17) is 4.98 Å². The van der Waals surface area contributed by atoms with Gasteiger partial charge < -0.3 is 0 Å². The first kappa shape index (κ1) is 19.0. The van der Waals surface area contributed by atoms with Crippen LogP contribution in [0.5, 0.6) is 0 Å². The van der Waals surface area contributed by atoms with Crippen LogP contribution in [0.25, 0.3) is 10.2 Å². The van der Waals surface area contributed by atoms with Gasteiger partial charge >= 0.3 is 0 Å². The SMILES string of the molecule is Cc1ccc(CSc2nc3ccsc3c(=O)n2CCc2ccccc2)cc1C. The van der Waals surface area contributed by atoms with Gasteiger partial charge in [-0.2, -0.15) is 0 Å². The van der Waals surface area contributed by atoms with Gasteiger partial charge in [0.2, 0.25) is 0 Å². The Balaban J connectivity index is 1.63. The Labute approximate surface area is 173 Å². The van der Waals surface area contributed by atoms with Crippen molar-refractivity contribution < 1.29 is 0 Å². The number of thioether (sulfide) groups is 1. The lowest BCUT2D eigenvalue weighted by atomic mass is 10.1. The van der Waals surface area contributed by atoms with Gasteiger partial charge in [-0.25, -0.2) is 4.98 Å². The minimum atomic E-state index is 0.0681. The number of hydrogen-bond donors (Lipinski definition) is 0. The summed E-state index contributed by atoms with van der Waals surface area (Å²) in [6.07, 6.45) is 0.816. The molecule has 4 aromatic rings. The van der Waals surface area contributed by atoms with Crippen molar-refractivity contribution >= 4 is 33.3 Å². The maximum Gasteiger partial charge on any atom is 0.272 e. The van der Waals surface area contributed by atoms with E-state index in [1.165, 1.54) is 33.6 Å². The highest BCUT2D eigenvalue weighted by molar-refractivity contribution is 7.98. The number of aromatic nitrogens is 2. The minimum Gasteiger partial charge on any atom is -0.286 e. The van der Waals surface area contributed by atoms with E-state index in [-0.39, 0.29) is 5.56 Å². The van der Waals surface area contributed by atoms with Gasteiger partial charge in [0.15, 0.2) is 5.16 Å². The van der Waals surface area contributed by atoms with E-state index in [0.29, 0.717) is 6.54 Å². The molecule has 5 heteroatoms. The summed E-state index contributed by atoms with van der Waals surface area (Å²) in [6.45, 7) is 4.90. The van der Waals surface area contributed by atoms with Crippen LogP contribution < -0.4 is 5.56 Å². The molecule has 0 aliphatic carbocycles. The fourth-order valence-electron chi connectivity index (χ4n) is 3.16. The average molecular weight is 407 g/mol. The van der Waals surface area contributed by atoms with E-state index in [9.17, 15) is 4.79 Å². The molecule has 0 spiro atoms. The molecule has 3 nitrogen and oxygen atoms in total. The van der Waals surface area contributed by atoms with Crippen LogP contribution in [0, 0.1) is 13.8 Å². The molecule has 0 atom stereocenters. The maximum atomic E-state index is 13.1. The molecular formula is C23H22N2OS2. The van der Waals surface area contributed by atoms with Crippen LogP contribution in [0.1, 0.15) is 22.3 Å². The van der Waals surface area contributed by atoms with Crippen molar-refractivity contribution in [3.8, 4) is 0 Å². The Hall–Kier alpha value is -2.37. The van der Waals surface area contributed by atoms with Crippen LogP contribution >= 0.6 is 23.1 Å². The monoisotopic (exact) mass is 406 g/mol. The number of nitrogens with zero attached hydrogens (tertiary/aromatic N) is 2. The normalized spacial score (nSPS) is 11.2. The average Bonchev–Trinajstić information content (AvgIpc) is 3.18. The zero-order valence-electron chi connectivity index (χ0n) is 16.0. The number of benzene rings is 2. The molecule has 0 bridgehead atoms. The lowest BCUT2D eigenvalue weighted by Crippen LogP contribution is -2.23. The molecule has 2 aromatic carbocycles.